The van der Waals surface area contributed by atoms with E-state index in [1.807, 2.05) is 30.3 Å². The van der Waals surface area contributed by atoms with Crippen LogP contribution in [0.1, 0.15) is 17.5 Å². The molecule has 1 N–H and O–H groups in total. The molecule has 0 atom stereocenters. The van der Waals surface area contributed by atoms with Crippen LogP contribution in [0.25, 0.3) is 5.70 Å². The lowest BCUT2D eigenvalue weighted by Crippen LogP contribution is -2.20. The molecular formula is C13H10N2O2. The Bertz CT molecular complexity index is 585. The molecule has 0 aromatic heterocycles. The van der Waals surface area contributed by atoms with Crippen LogP contribution in [0, 0.1) is 0 Å². The van der Waals surface area contributed by atoms with Crippen LogP contribution in [0.4, 0.5) is 0 Å². The molecule has 0 amide bonds. The number of aliphatic carboxylic acids is 1. The van der Waals surface area contributed by atoms with E-state index >= 15 is 0 Å². The van der Waals surface area contributed by atoms with Crippen molar-refractivity contribution in [1.29, 1.82) is 0 Å². The van der Waals surface area contributed by atoms with Crippen LogP contribution >= 0.6 is 0 Å². The second-order valence-electron chi connectivity index (χ2n) is 3.93. The summed E-state index contributed by atoms with van der Waals surface area (Å²) >= 11 is 0. The molecule has 0 bridgehead atoms. The number of nitrogens with zero attached hydrogens (tertiary/aromatic N) is 2. The molecule has 2 aliphatic rings. The number of allylic oxidation sites excluding steroid dienone is 1. The fourth-order valence-electron chi connectivity index (χ4n) is 2.01. The van der Waals surface area contributed by atoms with E-state index in [0.717, 1.165) is 16.8 Å². The second kappa shape index (κ2) is 3.59. The van der Waals surface area contributed by atoms with Gasteiger partial charge in [-0.05, 0) is 0 Å². The van der Waals surface area contributed by atoms with Gasteiger partial charge < -0.3 is 5.11 Å². The van der Waals surface area contributed by atoms with Gasteiger partial charge in [-0.3, -0.25) is 0 Å². The zero-order chi connectivity index (χ0) is 11.8. The molecule has 1 aromatic rings. The number of carboxylic acids is 1. The summed E-state index contributed by atoms with van der Waals surface area (Å²) in [7, 11) is 0. The quantitative estimate of drug-likeness (QED) is 0.797. The van der Waals surface area contributed by atoms with Crippen LogP contribution in [-0.4, -0.2) is 22.3 Å². The molecule has 0 aliphatic carbocycles. The summed E-state index contributed by atoms with van der Waals surface area (Å²) in [6.07, 6.45) is 5.65. The van der Waals surface area contributed by atoms with Crippen molar-refractivity contribution < 1.29 is 9.90 Å². The maximum Gasteiger partial charge on any atom is 0.333 e. The molecule has 0 radical (unpaired) electrons. The number of benzene rings is 1. The fourth-order valence-corrected chi connectivity index (χ4v) is 2.01. The third-order valence-electron chi connectivity index (χ3n) is 2.87. The second-order valence-corrected chi connectivity index (χ2v) is 3.93. The third-order valence-corrected chi connectivity index (χ3v) is 2.87. The molecule has 0 spiro atoms. The number of carboxylic acid groups (broad SMARTS) is 1. The van der Waals surface area contributed by atoms with Gasteiger partial charge in [0.1, 0.15) is 0 Å². The van der Waals surface area contributed by atoms with Crippen LogP contribution in [0.2, 0.25) is 0 Å². The van der Waals surface area contributed by atoms with E-state index in [-0.39, 0.29) is 0 Å². The molecule has 4 nitrogen and oxygen atoms in total. The number of hydrogen-bond donors (Lipinski definition) is 1. The molecule has 17 heavy (non-hydrogen) atoms. The monoisotopic (exact) mass is 226 g/mol. The van der Waals surface area contributed by atoms with Gasteiger partial charge in [0, 0.05) is 23.7 Å². The Hall–Kier alpha value is -2.36. The smallest absolute Gasteiger partial charge is 0.333 e. The maximum atomic E-state index is 10.9. The molecule has 0 saturated heterocycles. The standard InChI is InChI=1S/C13H10N2O2/c16-13(17)10-5-6-12-11-4-2-1-3-9(11)7-14-15(12)8-10/h1-4,6-8H,5H2,(H,16,17). The van der Waals surface area contributed by atoms with E-state index in [0.29, 0.717) is 12.0 Å². The van der Waals surface area contributed by atoms with Gasteiger partial charge in [0.05, 0.1) is 17.5 Å². The normalized spacial score (nSPS) is 16.8. The van der Waals surface area contributed by atoms with Gasteiger partial charge in [-0.1, -0.05) is 30.3 Å². The Kier molecular flexibility index (Phi) is 2.08. The highest BCUT2D eigenvalue weighted by atomic mass is 16.4. The predicted molar refractivity (Wildman–Crippen MR) is 64.2 cm³/mol. The minimum Gasteiger partial charge on any atom is -0.478 e. The Labute approximate surface area is 98.2 Å². The van der Waals surface area contributed by atoms with Gasteiger partial charge in [-0.15, -0.1) is 0 Å². The summed E-state index contributed by atoms with van der Waals surface area (Å²) in [5.41, 5.74) is 3.45. The van der Waals surface area contributed by atoms with E-state index in [4.69, 9.17) is 5.11 Å². The van der Waals surface area contributed by atoms with E-state index in [2.05, 4.69) is 5.10 Å². The summed E-state index contributed by atoms with van der Waals surface area (Å²) in [6.45, 7) is 0. The zero-order valence-corrected chi connectivity index (χ0v) is 9.00. The van der Waals surface area contributed by atoms with Gasteiger partial charge in [-0.2, -0.15) is 5.10 Å². The van der Waals surface area contributed by atoms with Gasteiger partial charge in [0.15, 0.2) is 0 Å². The number of hydrazone groups is 1. The van der Waals surface area contributed by atoms with E-state index in [1.165, 1.54) is 0 Å². The molecule has 1 aromatic carbocycles. The summed E-state index contributed by atoms with van der Waals surface area (Å²) < 4.78 is 0. The van der Waals surface area contributed by atoms with Crippen molar-refractivity contribution in [1.82, 2.24) is 5.01 Å². The number of rotatable bonds is 1. The Morgan fingerprint density at radius 1 is 1.35 bits per heavy atom. The summed E-state index contributed by atoms with van der Waals surface area (Å²) in [5.74, 6) is -0.894. The highest BCUT2D eigenvalue weighted by molar-refractivity contribution is 5.93. The summed E-state index contributed by atoms with van der Waals surface area (Å²) in [5, 5.41) is 14.8. The van der Waals surface area contributed by atoms with Gasteiger partial charge in [0.2, 0.25) is 0 Å². The van der Waals surface area contributed by atoms with Gasteiger partial charge in [-0.25, -0.2) is 9.80 Å². The minimum atomic E-state index is -0.894. The molecule has 84 valence electrons. The van der Waals surface area contributed by atoms with E-state index in [1.54, 1.807) is 17.4 Å². The largest absolute Gasteiger partial charge is 0.478 e. The third kappa shape index (κ3) is 1.54. The van der Waals surface area contributed by atoms with E-state index in [9.17, 15) is 4.79 Å². The van der Waals surface area contributed by atoms with Crippen molar-refractivity contribution in [2.24, 2.45) is 5.10 Å². The highest BCUT2D eigenvalue weighted by Crippen LogP contribution is 2.31. The SMILES string of the molecule is O=C(O)C1=CN2N=Cc3ccccc3C2=CC1. The first kappa shape index (κ1) is 9.84. The van der Waals surface area contributed by atoms with Crippen molar-refractivity contribution in [3.8, 4) is 0 Å². The van der Waals surface area contributed by atoms with Crippen LogP contribution in [0.5, 0.6) is 0 Å². The predicted octanol–water partition coefficient (Wildman–Crippen LogP) is 2.05. The van der Waals surface area contributed by atoms with Crippen LogP contribution in [0.3, 0.4) is 0 Å². The van der Waals surface area contributed by atoms with E-state index < -0.39 is 5.97 Å². The van der Waals surface area contributed by atoms with Crippen molar-refractivity contribution in [3.63, 3.8) is 0 Å². The lowest BCUT2D eigenvalue weighted by molar-refractivity contribution is -0.132. The van der Waals surface area contributed by atoms with Crippen molar-refractivity contribution >= 4 is 17.9 Å². The summed E-state index contributed by atoms with van der Waals surface area (Å²) in [4.78, 5) is 10.9. The molecule has 2 heterocycles. The first-order valence-corrected chi connectivity index (χ1v) is 5.32. The van der Waals surface area contributed by atoms with Crippen LogP contribution in [-0.2, 0) is 4.79 Å². The first-order chi connectivity index (χ1) is 8.25. The summed E-state index contributed by atoms with van der Waals surface area (Å²) in [6, 6.07) is 7.93. The van der Waals surface area contributed by atoms with Crippen molar-refractivity contribution in [2.45, 2.75) is 6.42 Å². The maximum absolute atomic E-state index is 10.9. The Morgan fingerprint density at radius 2 is 2.18 bits per heavy atom. The number of fused-ring (bicyclic) bond motifs is 3. The molecular weight excluding hydrogens is 216 g/mol. The number of hydrogen-bond acceptors (Lipinski definition) is 3. The molecule has 3 rings (SSSR count). The lowest BCUT2D eigenvalue weighted by Gasteiger charge is -2.27. The zero-order valence-electron chi connectivity index (χ0n) is 9.00. The van der Waals surface area contributed by atoms with Crippen LogP contribution < -0.4 is 0 Å². The van der Waals surface area contributed by atoms with Gasteiger partial charge >= 0.3 is 5.97 Å². The lowest BCUT2D eigenvalue weighted by atomic mass is 10.00. The Morgan fingerprint density at radius 3 is 3.00 bits per heavy atom. The number of carbonyl (C=O) groups is 1. The van der Waals surface area contributed by atoms with Crippen molar-refractivity contribution in [2.75, 3.05) is 0 Å². The topological polar surface area (TPSA) is 52.9 Å². The first-order valence-electron chi connectivity index (χ1n) is 5.32. The molecule has 0 saturated carbocycles. The molecule has 0 unspecified atom stereocenters. The van der Waals surface area contributed by atoms with Gasteiger partial charge in [0.25, 0.3) is 0 Å². The van der Waals surface area contributed by atoms with Crippen LogP contribution in [0.15, 0.2) is 47.2 Å². The molecule has 0 fully saturated rings. The minimum absolute atomic E-state index is 0.352. The molecule has 2 aliphatic heterocycles. The fraction of sp³-hybridized carbons (Fsp3) is 0.0769. The average Bonchev–Trinajstić information content (AvgIpc) is 2.38. The molecule has 4 heteroatoms. The van der Waals surface area contributed by atoms with Crippen molar-refractivity contribution in [3.05, 3.63) is 53.2 Å². The average molecular weight is 226 g/mol. The Balaban J connectivity index is 2.06. The highest BCUT2D eigenvalue weighted by Gasteiger charge is 2.22.